The van der Waals surface area contributed by atoms with Gasteiger partial charge in [0.25, 0.3) is 5.91 Å². The van der Waals surface area contributed by atoms with E-state index < -0.39 is 5.91 Å². The smallest absolute Gasteiger partial charge is 0.262 e. The van der Waals surface area contributed by atoms with Crippen molar-refractivity contribution in [2.24, 2.45) is 0 Å². The van der Waals surface area contributed by atoms with E-state index >= 15 is 0 Å². The van der Waals surface area contributed by atoms with Crippen LogP contribution in [0.15, 0.2) is 23.8 Å². The number of phenols is 1. The lowest BCUT2D eigenvalue weighted by atomic mass is 10.1. The van der Waals surface area contributed by atoms with E-state index in [1.165, 1.54) is 19.3 Å². The molecule has 1 aliphatic heterocycles. The Bertz CT molecular complexity index is 613. The van der Waals surface area contributed by atoms with Crippen LogP contribution in [0.4, 0.5) is 0 Å². The van der Waals surface area contributed by atoms with Crippen LogP contribution in [-0.2, 0) is 9.53 Å². The average molecular weight is 302 g/mol. The fourth-order valence-electron chi connectivity index (χ4n) is 2.21. The monoisotopic (exact) mass is 302 g/mol. The maximum Gasteiger partial charge on any atom is 0.262 e. The summed E-state index contributed by atoms with van der Waals surface area (Å²) in [5.74, 6) is -0.156. The number of nitriles is 1. The fourth-order valence-corrected chi connectivity index (χ4v) is 2.21. The first kappa shape index (κ1) is 15.9. The summed E-state index contributed by atoms with van der Waals surface area (Å²) in [6.45, 7) is 1.12. The summed E-state index contributed by atoms with van der Waals surface area (Å²) >= 11 is 0. The first-order valence-corrected chi connectivity index (χ1v) is 7.02. The van der Waals surface area contributed by atoms with Gasteiger partial charge < -0.3 is 19.9 Å². The van der Waals surface area contributed by atoms with E-state index in [2.05, 4.69) is 5.32 Å². The highest BCUT2D eigenvalue weighted by Gasteiger charge is 2.17. The number of phenolic OH excluding ortho intramolecular Hbond substituents is 1. The summed E-state index contributed by atoms with van der Waals surface area (Å²) in [6.07, 6.45) is 3.39. The van der Waals surface area contributed by atoms with Gasteiger partial charge in [0.2, 0.25) is 0 Å². The van der Waals surface area contributed by atoms with Crippen molar-refractivity contribution in [1.82, 2.24) is 5.32 Å². The Morgan fingerprint density at radius 2 is 2.45 bits per heavy atom. The summed E-state index contributed by atoms with van der Waals surface area (Å²) in [6, 6.07) is 6.49. The zero-order valence-corrected chi connectivity index (χ0v) is 12.3. The number of hydrogen-bond donors (Lipinski definition) is 2. The first-order valence-electron chi connectivity index (χ1n) is 7.02. The van der Waals surface area contributed by atoms with E-state index in [-0.39, 0.29) is 23.2 Å². The molecule has 0 bridgehead atoms. The van der Waals surface area contributed by atoms with Gasteiger partial charge in [0.15, 0.2) is 11.5 Å². The number of rotatable bonds is 5. The Labute approximate surface area is 129 Å². The van der Waals surface area contributed by atoms with E-state index in [1.807, 2.05) is 6.07 Å². The van der Waals surface area contributed by atoms with Crippen LogP contribution in [0.1, 0.15) is 18.4 Å². The number of nitrogens with zero attached hydrogens (tertiary/aromatic N) is 1. The third kappa shape index (κ3) is 3.99. The van der Waals surface area contributed by atoms with Crippen molar-refractivity contribution in [2.75, 3.05) is 20.3 Å². The zero-order valence-electron chi connectivity index (χ0n) is 12.3. The predicted molar refractivity (Wildman–Crippen MR) is 80.2 cm³/mol. The number of methoxy groups -OCH3 is 1. The molecule has 0 radical (unpaired) electrons. The molecule has 0 aliphatic carbocycles. The molecule has 6 nitrogen and oxygen atoms in total. The molecule has 0 saturated carbocycles. The third-order valence-corrected chi connectivity index (χ3v) is 3.39. The van der Waals surface area contributed by atoms with Crippen LogP contribution in [0, 0.1) is 11.3 Å². The summed E-state index contributed by atoms with van der Waals surface area (Å²) in [5, 5.41) is 21.4. The molecule has 1 aromatic rings. The molecule has 116 valence electrons. The second-order valence-electron chi connectivity index (χ2n) is 4.95. The van der Waals surface area contributed by atoms with Crippen LogP contribution >= 0.6 is 0 Å². The van der Waals surface area contributed by atoms with Crippen molar-refractivity contribution in [1.29, 1.82) is 5.26 Å². The molecule has 0 aromatic heterocycles. The van der Waals surface area contributed by atoms with Gasteiger partial charge in [-0.05, 0) is 36.6 Å². The second kappa shape index (κ2) is 7.48. The van der Waals surface area contributed by atoms with Crippen LogP contribution in [0.3, 0.4) is 0 Å². The molecule has 2 rings (SSSR count). The van der Waals surface area contributed by atoms with Gasteiger partial charge in [0, 0.05) is 13.2 Å². The SMILES string of the molecule is COc1cc(/C=C(\C#N)C(=O)NCC2CCCO2)ccc1O. The van der Waals surface area contributed by atoms with Gasteiger partial charge in [0.05, 0.1) is 13.2 Å². The number of hydrogen-bond acceptors (Lipinski definition) is 5. The minimum atomic E-state index is -0.440. The van der Waals surface area contributed by atoms with Crippen molar-refractivity contribution in [3.63, 3.8) is 0 Å². The van der Waals surface area contributed by atoms with Crippen molar-refractivity contribution in [2.45, 2.75) is 18.9 Å². The Hall–Kier alpha value is -2.52. The van der Waals surface area contributed by atoms with Gasteiger partial charge in [0.1, 0.15) is 11.6 Å². The molecule has 22 heavy (non-hydrogen) atoms. The van der Waals surface area contributed by atoms with Crippen molar-refractivity contribution in [3.8, 4) is 17.6 Å². The summed E-state index contributed by atoms with van der Waals surface area (Å²) in [4.78, 5) is 12.0. The maximum atomic E-state index is 12.0. The Balaban J connectivity index is 2.06. The van der Waals surface area contributed by atoms with Gasteiger partial charge in [-0.25, -0.2) is 0 Å². The molecule has 1 fully saturated rings. The average Bonchev–Trinajstić information content (AvgIpc) is 3.05. The number of carbonyl (C=O) groups excluding carboxylic acids is 1. The molecule has 1 saturated heterocycles. The molecule has 0 spiro atoms. The zero-order chi connectivity index (χ0) is 15.9. The Kier molecular flexibility index (Phi) is 5.39. The van der Waals surface area contributed by atoms with Crippen LogP contribution in [0.25, 0.3) is 6.08 Å². The van der Waals surface area contributed by atoms with Gasteiger partial charge in [-0.15, -0.1) is 0 Å². The molecule has 1 heterocycles. The third-order valence-electron chi connectivity index (χ3n) is 3.39. The number of benzene rings is 1. The lowest BCUT2D eigenvalue weighted by molar-refractivity contribution is -0.117. The molecular formula is C16H18N2O4. The highest BCUT2D eigenvalue weighted by atomic mass is 16.5. The highest BCUT2D eigenvalue weighted by Crippen LogP contribution is 2.27. The maximum absolute atomic E-state index is 12.0. The predicted octanol–water partition coefficient (Wildman–Crippen LogP) is 1.60. The van der Waals surface area contributed by atoms with Crippen LogP contribution in [0.2, 0.25) is 0 Å². The molecule has 6 heteroatoms. The summed E-state index contributed by atoms with van der Waals surface area (Å²) in [5.41, 5.74) is 0.587. The molecule has 1 aliphatic rings. The quantitative estimate of drug-likeness (QED) is 0.637. The van der Waals surface area contributed by atoms with Crippen LogP contribution in [-0.4, -0.2) is 37.4 Å². The fraction of sp³-hybridized carbons (Fsp3) is 0.375. The van der Waals surface area contributed by atoms with E-state index in [9.17, 15) is 9.90 Å². The van der Waals surface area contributed by atoms with Crippen molar-refractivity contribution < 1.29 is 19.4 Å². The van der Waals surface area contributed by atoms with E-state index in [0.717, 1.165) is 19.4 Å². The minimum absolute atomic E-state index is 0.000918. The lowest BCUT2D eigenvalue weighted by Gasteiger charge is -2.10. The number of aromatic hydroxyl groups is 1. The molecule has 1 amide bonds. The van der Waals surface area contributed by atoms with E-state index in [0.29, 0.717) is 12.1 Å². The summed E-state index contributed by atoms with van der Waals surface area (Å²) in [7, 11) is 1.43. The van der Waals surface area contributed by atoms with Crippen molar-refractivity contribution in [3.05, 3.63) is 29.3 Å². The van der Waals surface area contributed by atoms with Gasteiger partial charge in [-0.3, -0.25) is 4.79 Å². The number of amides is 1. The Morgan fingerprint density at radius 3 is 3.09 bits per heavy atom. The largest absolute Gasteiger partial charge is 0.504 e. The summed E-state index contributed by atoms with van der Waals surface area (Å²) < 4.78 is 10.4. The van der Waals surface area contributed by atoms with Gasteiger partial charge in [-0.2, -0.15) is 5.26 Å². The topological polar surface area (TPSA) is 91.6 Å². The van der Waals surface area contributed by atoms with Gasteiger partial charge in [-0.1, -0.05) is 6.07 Å². The van der Waals surface area contributed by atoms with Crippen LogP contribution < -0.4 is 10.1 Å². The number of carbonyl (C=O) groups is 1. The van der Waals surface area contributed by atoms with E-state index in [1.54, 1.807) is 12.1 Å². The lowest BCUT2D eigenvalue weighted by Crippen LogP contribution is -2.32. The minimum Gasteiger partial charge on any atom is -0.504 e. The van der Waals surface area contributed by atoms with Crippen molar-refractivity contribution >= 4 is 12.0 Å². The van der Waals surface area contributed by atoms with E-state index in [4.69, 9.17) is 14.7 Å². The molecule has 1 unspecified atom stereocenters. The first-order chi connectivity index (χ1) is 10.6. The number of ether oxygens (including phenoxy) is 2. The molecule has 1 aromatic carbocycles. The highest BCUT2D eigenvalue weighted by molar-refractivity contribution is 6.01. The second-order valence-corrected chi connectivity index (χ2v) is 4.95. The molecule has 1 atom stereocenters. The Morgan fingerprint density at radius 1 is 1.64 bits per heavy atom. The van der Waals surface area contributed by atoms with Crippen LogP contribution in [0.5, 0.6) is 11.5 Å². The normalized spacial score (nSPS) is 17.8. The number of nitrogens with one attached hydrogen (secondary N) is 1. The molecular weight excluding hydrogens is 284 g/mol. The standard InChI is InChI=1S/C16H18N2O4/c1-21-15-8-11(4-5-14(15)19)7-12(9-17)16(20)18-10-13-3-2-6-22-13/h4-5,7-8,13,19H,2-3,6,10H2,1H3,(H,18,20)/b12-7+. The molecule has 2 N–H and O–H groups in total. The van der Waals surface area contributed by atoms with Gasteiger partial charge >= 0.3 is 0 Å².